The maximum Gasteiger partial charge on any atom is 0.319 e. The molecule has 2 rings (SSSR count). The van der Waals surface area contributed by atoms with Crippen molar-refractivity contribution in [3.63, 3.8) is 0 Å². The summed E-state index contributed by atoms with van der Waals surface area (Å²) in [5, 5.41) is 7.89. The first kappa shape index (κ1) is 11.5. The van der Waals surface area contributed by atoms with Crippen LogP contribution in [0.25, 0.3) is 10.8 Å². The van der Waals surface area contributed by atoms with Gasteiger partial charge in [0, 0.05) is 11.7 Å². The van der Waals surface area contributed by atoms with Crippen LogP contribution in [0, 0.1) is 0 Å². The van der Waals surface area contributed by atoms with E-state index in [4.69, 9.17) is 0 Å². The Labute approximate surface area is 101 Å². The zero-order chi connectivity index (χ0) is 12.3. The van der Waals surface area contributed by atoms with E-state index < -0.39 is 0 Å². The highest BCUT2D eigenvalue weighted by atomic mass is 16.2. The Morgan fingerprint density at radius 3 is 2.47 bits per heavy atom. The number of fused-ring (bicyclic) bond motifs is 1. The third kappa shape index (κ3) is 2.97. The molecule has 0 aliphatic carbocycles. The largest absolute Gasteiger partial charge is 0.336 e. The van der Waals surface area contributed by atoms with Crippen molar-refractivity contribution >= 4 is 22.5 Å². The van der Waals surface area contributed by atoms with Gasteiger partial charge in [0.05, 0.1) is 0 Å². The van der Waals surface area contributed by atoms with E-state index in [9.17, 15) is 4.79 Å². The SMILES string of the molecule is CC(C)NC(=O)Nc1ccc2ccccc2c1. The first-order valence-electron chi connectivity index (χ1n) is 5.71. The molecule has 0 aliphatic rings. The molecular formula is C14H16N2O. The summed E-state index contributed by atoms with van der Waals surface area (Å²) < 4.78 is 0. The third-order valence-corrected chi connectivity index (χ3v) is 2.43. The summed E-state index contributed by atoms with van der Waals surface area (Å²) in [6.07, 6.45) is 0. The highest BCUT2D eigenvalue weighted by Crippen LogP contribution is 2.18. The molecule has 0 fully saturated rings. The van der Waals surface area contributed by atoms with E-state index in [1.54, 1.807) is 0 Å². The van der Waals surface area contributed by atoms with Crippen molar-refractivity contribution in [3.8, 4) is 0 Å². The minimum atomic E-state index is -0.171. The molecular weight excluding hydrogens is 212 g/mol. The van der Waals surface area contributed by atoms with Crippen LogP contribution in [0.15, 0.2) is 42.5 Å². The Kier molecular flexibility index (Phi) is 3.28. The van der Waals surface area contributed by atoms with E-state index in [-0.39, 0.29) is 12.1 Å². The van der Waals surface area contributed by atoms with Gasteiger partial charge in [-0.25, -0.2) is 4.79 Å². The van der Waals surface area contributed by atoms with Gasteiger partial charge in [0.15, 0.2) is 0 Å². The van der Waals surface area contributed by atoms with Crippen molar-refractivity contribution in [2.45, 2.75) is 19.9 Å². The molecule has 2 aromatic rings. The lowest BCUT2D eigenvalue weighted by Gasteiger charge is -2.10. The number of benzene rings is 2. The Morgan fingerprint density at radius 1 is 1.06 bits per heavy atom. The molecule has 2 aromatic carbocycles. The van der Waals surface area contributed by atoms with Crippen molar-refractivity contribution in [3.05, 3.63) is 42.5 Å². The Balaban J connectivity index is 2.17. The lowest BCUT2D eigenvalue weighted by atomic mass is 10.1. The molecule has 2 N–H and O–H groups in total. The third-order valence-electron chi connectivity index (χ3n) is 2.43. The normalized spacial score (nSPS) is 10.5. The highest BCUT2D eigenvalue weighted by Gasteiger charge is 2.03. The number of nitrogens with one attached hydrogen (secondary N) is 2. The highest BCUT2D eigenvalue weighted by molar-refractivity contribution is 5.93. The van der Waals surface area contributed by atoms with Crippen molar-refractivity contribution in [2.75, 3.05) is 5.32 Å². The molecule has 0 atom stereocenters. The maximum absolute atomic E-state index is 11.5. The van der Waals surface area contributed by atoms with Crippen LogP contribution in [0.4, 0.5) is 10.5 Å². The fourth-order valence-corrected chi connectivity index (χ4v) is 1.70. The van der Waals surface area contributed by atoms with E-state index in [0.717, 1.165) is 11.1 Å². The van der Waals surface area contributed by atoms with Crippen LogP contribution in [0.5, 0.6) is 0 Å². The summed E-state index contributed by atoms with van der Waals surface area (Å²) in [4.78, 5) is 11.5. The Bertz CT molecular complexity index is 534. The van der Waals surface area contributed by atoms with Gasteiger partial charge in [-0.1, -0.05) is 30.3 Å². The number of anilines is 1. The van der Waals surface area contributed by atoms with Gasteiger partial charge in [-0.2, -0.15) is 0 Å². The number of hydrogen-bond donors (Lipinski definition) is 2. The average Bonchev–Trinajstić information content (AvgIpc) is 2.27. The number of urea groups is 1. The summed E-state index contributed by atoms with van der Waals surface area (Å²) in [6.45, 7) is 3.86. The van der Waals surface area contributed by atoms with E-state index >= 15 is 0 Å². The molecule has 17 heavy (non-hydrogen) atoms. The molecule has 0 aromatic heterocycles. The van der Waals surface area contributed by atoms with Crippen molar-refractivity contribution in [1.29, 1.82) is 0 Å². The van der Waals surface area contributed by atoms with Crippen LogP contribution < -0.4 is 10.6 Å². The predicted octanol–water partition coefficient (Wildman–Crippen LogP) is 3.37. The van der Waals surface area contributed by atoms with Crippen LogP contribution in [-0.2, 0) is 0 Å². The van der Waals surface area contributed by atoms with Gasteiger partial charge in [0.25, 0.3) is 0 Å². The van der Waals surface area contributed by atoms with Crippen LogP contribution in [0.2, 0.25) is 0 Å². The fraction of sp³-hybridized carbons (Fsp3) is 0.214. The Hall–Kier alpha value is -2.03. The topological polar surface area (TPSA) is 41.1 Å². The predicted molar refractivity (Wildman–Crippen MR) is 71.2 cm³/mol. The van der Waals surface area contributed by atoms with Gasteiger partial charge in [-0.3, -0.25) is 0 Å². The molecule has 0 bridgehead atoms. The fourth-order valence-electron chi connectivity index (χ4n) is 1.70. The molecule has 0 unspecified atom stereocenters. The van der Waals surface area contributed by atoms with Crippen molar-refractivity contribution < 1.29 is 4.79 Å². The minimum Gasteiger partial charge on any atom is -0.336 e. The first-order chi connectivity index (χ1) is 8.15. The van der Waals surface area contributed by atoms with Gasteiger partial charge in [-0.05, 0) is 36.8 Å². The van der Waals surface area contributed by atoms with Crippen LogP contribution in [0.3, 0.4) is 0 Å². The minimum absolute atomic E-state index is 0.135. The molecule has 0 heterocycles. The van der Waals surface area contributed by atoms with Gasteiger partial charge >= 0.3 is 6.03 Å². The standard InChI is InChI=1S/C14H16N2O/c1-10(2)15-14(17)16-13-8-7-11-5-3-4-6-12(11)9-13/h3-10H,1-2H3,(H2,15,16,17). The number of carbonyl (C=O) groups excluding carboxylic acids is 1. The summed E-state index contributed by atoms with van der Waals surface area (Å²) in [5.41, 5.74) is 0.807. The van der Waals surface area contributed by atoms with Crippen LogP contribution >= 0.6 is 0 Å². The second kappa shape index (κ2) is 4.87. The smallest absolute Gasteiger partial charge is 0.319 e. The zero-order valence-corrected chi connectivity index (χ0v) is 10.0. The van der Waals surface area contributed by atoms with Gasteiger partial charge < -0.3 is 10.6 Å². The molecule has 0 saturated heterocycles. The number of amides is 2. The molecule has 0 radical (unpaired) electrons. The zero-order valence-electron chi connectivity index (χ0n) is 10.0. The monoisotopic (exact) mass is 228 g/mol. The number of carbonyl (C=O) groups is 1. The second-order valence-electron chi connectivity index (χ2n) is 4.32. The van der Waals surface area contributed by atoms with Crippen LogP contribution in [-0.4, -0.2) is 12.1 Å². The second-order valence-corrected chi connectivity index (χ2v) is 4.32. The molecule has 0 spiro atoms. The lowest BCUT2D eigenvalue weighted by Crippen LogP contribution is -2.34. The van der Waals surface area contributed by atoms with Gasteiger partial charge in [0.1, 0.15) is 0 Å². The molecule has 3 heteroatoms. The molecule has 3 nitrogen and oxygen atoms in total. The molecule has 88 valence electrons. The first-order valence-corrected chi connectivity index (χ1v) is 5.71. The quantitative estimate of drug-likeness (QED) is 0.813. The average molecular weight is 228 g/mol. The summed E-state index contributed by atoms with van der Waals surface area (Å²) in [7, 11) is 0. The molecule has 2 amide bonds. The summed E-state index contributed by atoms with van der Waals surface area (Å²) in [6, 6.07) is 13.9. The lowest BCUT2D eigenvalue weighted by molar-refractivity contribution is 0.250. The number of rotatable bonds is 2. The van der Waals surface area contributed by atoms with Gasteiger partial charge in [-0.15, -0.1) is 0 Å². The van der Waals surface area contributed by atoms with E-state index in [2.05, 4.69) is 10.6 Å². The maximum atomic E-state index is 11.5. The van der Waals surface area contributed by atoms with E-state index in [0.29, 0.717) is 0 Å². The Morgan fingerprint density at radius 2 is 1.76 bits per heavy atom. The van der Waals surface area contributed by atoms with E-state index in [1.807, 2.05) is 56.3 Å². The van der Waals surface area contributed by atoms with Crippen LogP contribution in [0.1, 0.15) is 13.8 Å². The number of hydrogen-bond acceptors (Lipinski definition) is 1. The molecule has 0 aliphatic heterocycles. The molecule has 0 saturated carbocycles. The van der Waals surface area contributed by atoms with Crippen molar-refractivity contribution in [2.24, 2.45) is 0 Å². The van der Waals surface area contributed by atoms with E-state index in [1.165, 1.54) is 5.39 Å². The summed E-state index contributed by atoms with van der Waals surface area (Å²) >= 11 is 0. The summed E-state index contributed by atoms with van der Waals surface area (Å²) in [5.74, 6) is 0. The van der Waals surface area contributed by atoms with Gasteiger partial charge in [0.2, 0.25) is 0 Å². The van der Waals surface area contributed by atoms with Crippen molar-refractivity contribution in [1.82, 2.24) is 5.32 Å².